The maximum Gasteiger partial charge on any atom is 0.221 e. The van der Waals surface area contributed by atoms with Gasteiger partial charge in [-0.3, -0.25) is 4.79 Å². The van der Waals surface area contributed by atoms with E-state index >= 15 is 0 Å². The van der Waals surface area contributed by atoms with E-state index in [1.165, 1.54) is 30.5 Å². The van der Waals surface area contributed by atoms with Crippen LogP contribution in [-0.4, -0.2) is 19.0 Å². The Morgan fingerprint density at radius 1 is 1.22 bits per heavy atom. The van der Waals surface area contributed by atoms with Crippen LogP contribution in [0.15, 0.2) is 30.3 Å². The minimum absolute atomic E-state index is 0.290. The molecule has 2 rings (SSSR count). The molecule has 2 N–H and O–H groups in total. The first-order valence-electron chi connectivity index (χ1n) is 6.56. The fourth-order valence-electron chi connectivity index (χ4n) is 2.35. The Kier molecular flexibility index (Phi) is 4.40. The van der Waals surface area contributed by atoms with E-state index in [9.17, 15) is 4.79 Å². The zero-order valence-corrected chi connectivity index (χ0v) is 10.6. The van der Waals surface area contributed by atoms with E-state index in [4.69, 9.17) is 5.73 Å². The number of hydrogen-bond acceptors (Lipinski definition) is 2. The van der Waals surface area contributed by atoms with Crippen LogP contribution in [0.5, 0.6) is 0 Å². The molecular weight excluding hydrogens is 224 g/mol. The summed E-state index contributed by atoms with van der Waals surface area (Å²) >= 11 is 0. The number of carbonyl (C=O) groups is 1. The lowest BCUT2D eigenvalue weighted by molar-refractivity contribution is -0.117. The second kappa shape index (κ2) is 6.24. The molecule has 1 aromatic rings. The molecule has 0 aliphatic carbocycles. The summed E-state index contributed by atoms with van der Waals surface area (Å²) in [5.74, 6) is -0.290. The average Bonchev–Trinajstić information content (AvgIpc) is 2.40. The molecule has 96 valence electrons. The quantitative estimate of drug-likeness (QED) is 0.884. The van der Waals surface area contributed by atoms with Crippen LogP contribution < -0.4 is 10.6 Å². The van der Waals surface area contributed by atoms with Gasteiger partial charge >= 0.3 is 0 Å². The Bertz CT molecular complexity index is 434. The third kappa shape index (κ3) is 3.36. The summed E-state index contributed by atoms with van der Waals surface area (Å²) in [6.45, 7) is 2.25. The maximum absolute atomic E-state index is 10.7. The monoisotopic (exact) mass is 244 g/mol. The van der Waals surface area contributed by atoms with Gasteiger partial charge in [-0.1, -0.05) is 30.4 Å². The molecule has 3 heteroatoms. The number of carbonyl (C=O) groups excluding carboxylic acids is 1. The van der Waals surface area contributed by atoms with Crippen molar-refractivity contribution in [1.29, 1.82) is 0 Å². The molecule has 1 fully saturated rings. The standard InChI is InChI=1S/C15H20N2O/c16-15(18)10-6-8-13-7-2-3-9-14(13)17-11-4-1-5-12-17/h2-3,6-9H,1,4-5,10-12H2,(H2,16,18). The highest BCUT2D eigenvalue weighted by atomic mass is 16.1. The molecule has 0 radical (unpaired) electrons. The molecule has 0 spiro atoms. The number of amides is 1. The first-order valence-corrected chi connectivity index (χ1v) is 6.56. The lowest BCUT2D eigenvalue weighted by atomic mass is 10.1. The summed E-state index contributed by atoms with van der Waals surface area (Å²) in [7, 11) is 0. The van der Waals surface area contributed by atoms with Gasteiger partial charge in [-0.15, -0.1) is 0 Å². The van der Waals surface area contributed by atoms with Crippen molar-refractivity contribution in [3.05, 3.63) is 35.9 Å². The van der Waals surface area contributed by atoms with Gasteiger partial charge in [-0.25, -0.2) is 0 Å². The topological polar surface area (TPSA) is 46.3 Å². The molecule has 0 unspecified atom stereocenters. The normalized spacial score (nSPS) is 16.1. The van der Waals surface area contributed by atoms with Crippen LogP contribution in [0.2, 0.25) is 0 Å². The van der Waals surface area contributed by atoms with Crippen molar-refractivity contribution in [2.75, 3.05) is 18.0 Å². The molecule has 1 aliphatic rings. The SMILES string of the molecule is NC(=O)CC=Cc1ccccc1N1CCCCC1. The summed E-state index contributed by atoms with van der Waals surface area (Å²) in [6, 6.07) is 8.32. The number of anilines is 1. The summed E-state index contributed by atoms with van der Waals surface area (Å²) in [4.78, 5) is 13.2. The van der Waals surface area contributed by atoms with Crippen molar-refractivity contribution in [1.82, 2.24) is 0 Å². The molecule has 18 heavy (non-hydrogen) atoms. The summed E-state index contributed by atoms with van der Waals surface area (Å²) in [5, 5.41) is 0. The Morgan fingerprint density at radius 2 is 1.94 bits per heavy atom. The number of rotatable bonds is 4. The lowest BCUT2D eigenvalue weighted by Gasteiger charge is -2.30. The van der Waals surface area contributed by atoms with Gasteiger partial charge in [0, 0.05) is 25.2 Å². The van der Waals surface area contributed by atoms with Gasteiger partial charge in [0.1, 0.15) is 0 Å². The van der Waals surface area contributed by atoms with Gasteiger partial charge in [0.15, 0.2) is 0 Å². The van der Waals surface area contributed by atoms with Crippen LogP contribution in [0.4, 0.5) is 5.69 Å². The first kappa shape index (κ1) is 12.7. The minimum atomic E-state index is -0.290. The fourth-order valence-corrected chi connectivity index (χ4v) is 2.35. The van der Waals surface area contributed by atoms with Crippen LogP contribution in [-0.2, 0) is 4.79 Å². The van der Waals surface area contributed by atoms with Crippen LogP contribution in [0, 0.1) is 0 Å². The third-order valence-corrected chi connectivity index (χ3v) is 3.25. The van der Waals surface area contributed by atoms with E-state index in [0.717, 1.165) is 13.1 Å². The number of benzene rings is 1. The molecule has 1 heterocycles. The highest BCUT2D eigenvalue weighted by molar-refractivity contribution is 5.77. The Balaban J connectivity index is 2.14. The molecule has 3 nitrogen and oxygen atoms in total. The maximum atomic E-state index is 10.7. The molecule has 0 aromatic heterocycles. The Morgan fingerprint density at radius 3 is 2.67 bits per heavy atom. The van der Waals surface area contributed by atoms with Crippen molar-refractivity contribution in [2.45, 2.75) is 25.7 Å². The van der Waals surface area contributed by atoms with Gasteiger partial charge in [0.2, 0.25) is 5.91 Å². The second-order valence-electron chi connectivity index (χ2n) is 4.68. The summed E-state index contributed by atoms with van der Waals surface area (Å²) in [6.07, 6.45) is 7.99. The smallest absolute Gasteiger partial charge is 0.221 e. The molecule has 1 aliphatic heterocycles. The van der Waals surface area contributed by atoms with Gasteiger partial charge < -0.3 is 10.6 Å². The van der Waals surface area contributed by atoms with E-state index in [1.807, 2.05) is 18.2 Å². The summed E-state index contributed by atoms with van der Waals surface area (Å²) < 4.78 is 0. The van der Waals surface area contributed by atoms with Crippen LogP contribution in [0.1, 0.15) is 31.2 Å². The zero-order chi connectivity index (χ0) is 12.8. The zero-order valence-electron chi connectivity index (χ0n) is 10.6. The number of primary amides is 1. The van der Waals surface area contributed by atoms with Gasteiger partial charge in [0.25, 0.3) is 0 Å². The van der Waals surface area contributed by atoms with Gasteiger partial charge in [-0.05, 0) is 30.9 Å². The number of hydrogen-bond donors (Lipinski definition) is 1. The van der Waals surface area contributed by atoms with E-state index in [-0.39, 0.29) is 5.91 Å². The van der Waals surface area contributed by atoms with Crippen LogP contribution >= 0.6 is 0 Å². The molecule has 1 aromatic carbocycles. The number of nitrogens with two attached hydrogens (primary N) is 1. The highest BCUT2D eigenvalue weighted by Crippen LogP contribution is 2.25. The largest absolute Gasteiger partial charge is 0.371 e. The predicted molar refractivity (Wildman–Crippen MR) is 75.4 cm³/mol. The van der Waals surface area contributed by atoms with Crippen LogP contribution in [0.25, 0.3) is 6.08 Å². The van der Waals surface area contributed by atoms with Crippen molar-refractivity contribution in [3.8, 4) is 0 Å². The van der Waals surface area contributed by atoms with Crippen molar-refractivity contribution in [3.63, 3.8) is 0 Å². The number of para-hydroxylation sites is 1. The second-order valence-corrected chi connectivity index (χ2v) is 4.68. The van der Waals surface area contributed by atoms with Gasteiger partial charge in [-0.2, -0.15) is 0 Å². The Labute approximate surface area is 108 Å². The number of nitrogens with zero attached hydrogens (tertiary/aromatic N) is 1. The third-order valence-electron chi connectivity index (χ3n) is 3.25. The van der Waals surface area contributed by atoms with Gasteiger partial charge in [0.05, 0.1) is 0 Å². The molecule has 1 saturated heterocycles. The van der Waals surface area contributed by atoms with E-state index in [1.54, 1.807) is 0 Å². The molecular formula is C15H20N2O. The fraction of sp³-hybridized carbons (Fsp3) is 0.400. The first-order chi connectivity index (χ1) is 8.77. The van der Waals surface area contributed by atoms with E-state index in [2.05, 4.69) is 23.1 Å². The molecule has 0 atom stereocenters. The highest BCUT2D eigenvalue weighted by Gasteiger charge is 2.12. The van der Waals surface area contributed by atoms with E-state index < -0.39 is 0 Å². The van der Waals surface area contributed by atoms with Crippen molar-refractivity contribution >= 4 is 17.7 Å². The minimum Gasteiger partial charge on any atom is -0.371 e. The predicted octanol–water partition coefficient (Wildman–Crippen LogP) is 2.57. The molecule has 0 bridgehead atoms. The molecule has 0 saturated carbocycles. The number of piperidine rings is 1. The Hall–Kier alpha value is -1.77. The molecule has 1 amide bonds. The lowest BCUT2D eigenvalue weighted by Crippen LogP contribution is -2.29. The average molecular weight is 244 g/mol. The van der Waals surface area contributed by atoms with Crippen molar-refractivity contribution in [2.24, 2.45) is 5.73 Å². The summed E-state index contributed by atoms with van der Waals surface area (Å²) in [5.41, 5.74) is 7.57. The van der Waals surface area contributed by atoms with Crippen LogP contribution in [0.3, 0.4) is 0 Å². The van der Waals surface area contributed by atoms with Crippen molar-refractivity contribution < 1.29 is 4.79 Å². The van der Waals surface area contributed by atoms with E-state index in [0.29, 0.717) is 6.42 Å².